The standard InChI is InChI=1S/C17H17Cl2N5O2/c18-10-4-5-12(11(19)9-10)23-16(25)13-3-1-2-8-24(13)17(26)14-15(20)22-7-6-21-14/h4-7,9,13H,1-3,8H2,(H2,20,22)(H,23,25)/t13-/m1/s1. The van der Waals surface area contributed by atoms with Crippen LogP contribution in [0.2, 0.25) is 10.0 Å². The van der Waals surface area contributed by atoms with Crippen molar-refractivity contribution in [1.82, 2.24) is 14.9 Å². The highest BCUT2D eigenvalue weighted by molar-refractivity contribution is 6.36. The molecular weight excluding hydrogens is 377 g/mol. The van der Waals surface area contributed by atoms with E-state index in [1.165, 1.54) is 17.3 Å². The second-order valence-corrected chi connectivity index (χ2v) is 6.76. The molecule has 9 heteroatoms. The molecule has 0 spiro atoms. The monoisotopic (exact) mass is 393 g/mol. The average Bonchev–Trinajstić information content (AvgIpc) is 2.64. The van der Waals surface area contributed by atoms with Crippen LogP contribution in [0.5, 0.6) is 0 Å². The molecule has 7 nitrogen and oxygen atoms in total. The molecule has 1 aromatic carbocycles. The Labute approximate surface area is 160 Å². The van der Waals surface area contributed by atoms with E-state index >= 15 is 0 Å². The normalized spacial score (nSPS) is 17.0. The molecule has 2 heterocycles. The van der Waals surface area contributed by atoms with Crippen molar-refractivity contribution in [1.29, 1.82) is 0 Å². The molecule has 0 bridgehead atoms. The second kappa shape index (κ2) is 7.88. The van der Waals surface area contributed by atoms with E-state index in [0.29, 0.717) is 28.7 Å². The molecule has 3 rings (SSSR count). The first kappa shape index (κ1) is 18.4. The molecule has 0 radical (unpaired) electrons. The van der Waals surface area contributed by atoms with Gasteiger partial charge in [0.15, 0.2) is 11.5 Å². The van der Waals surface area contributed by atoms with Crippen molar-refractivity contribution in [2.45, 2.75) is 25.3 Å². The van der Waals surface area contributed by atoms with Crippen LogP contribution in [0.3, 0.4) is 0 Å². The molecule has 1 aromatic heterocycles. The number of aromatic nitrogens is 2. The summed E-state index contributed by atoms with van der Waals surface area (Å²) < 4.78 is 0. The Kier molecular flexibility index (Phi) is 5.58. The molecule has 26 heavy (non-hydrogen) atoms. The minimum atomic E-state index is -0.635. The predicted molar refractivity (Wildman–Crippen MR) is 100 cm³/mol. The maximum Gasteiger partial charge on any atom is 0.276 e. The number of benzene rings is 1. The minimum Gasteiger partial charge on any atom is -0.382 e. The van der Waals surface area contributed by atoms with Crippen molar-refractivity contribution in [2.75, 3.05) is 17.6 Å². The minimum absolute atomic E-state index is 0.0444. The Morgan fingerprint density at radius 3 is 2.69 bits per heavy atom. The summed E-state index contributed by atoms with van der Waals surface area (Å²) in [6.45, 7) is 0.446. The Hall–Kier alpha value is -2.38. The second-order valence-electron chi connectivity index (χ2n) is 5.91. The van der Waals surface area contributed by atoms with Crippen LogP contribution in [0.25, 0.3) is 0 Å². The molecule has 0 unspecified atom stereocenters. The van der Waals surface area contributed by atoms with Crippen molar-refractivity contribution >= 4 is 46.5 Å². The third kappa shape index (κ3) is 3.89. The Bertz CT molecular complexity index is 846. The van der Waals surface area contributed by atoms with Gasteiger partial charge in [0.05, 0.1) is 10.7 Å². The summed E-state index contributed by atoms with van der Waals surface area (Å²) in [5, 5.41) is 3.57. The van der Waals surface area contributed by atoms with E-state index in [1.54, 1.807) is 18.2 Å². The summed E-state index contributed by atoms with van der Waals surface area (Å²) in [6.07, 6.45) is 5.00. The number of nitrogens with two attached hydrogens (primary N) is 1. The van der Waals surface area contributed by atoms with Gasteiger partial charge in [-0.1, -0.05) is 23.2 Å². The van der Waals surface area contributed by atoms with Crippen molar-refractivity contribution < 1.29 is 9.59 Å². The lowest BCUT2D eigenvalue weighted by Crippen LogP contribution is -2.50. The number of piperidine rings is 1. The van der Waals surface area contributed by atoms with Gasteiger partial charge in [0.1, 0.15) is 6.04 Å². The van der Waals surface area contributed by atoms with Crippen LogP contribution in [-0.2, 0) is 4.79 Å². The lowest BCUT2D eigenvalue weighted by atomic mass is 10.0. The fourth-order valence-corrected chi connectivity index (χ4v) is 3.36. The van der Waals surface area contributed by atoms with E-state index in [1.807, 2.05) is 0 Å². The number of nitrogens with one attached hydrogen (secondary N) is 1. The van der Waals surface area contributed by atoms with Crippen LogP contribution in [-0.4, -0.2) is 39.3 Å². The Morgan fingerprint density at radius 1 is 1.19 bits per heavy atom. The summed E-state index contributed by atoms with van der Waals surface area (Å²) in [7, 11) is 0. The summed E-state index contributed by atoms with van der Waals surface area (Å²) in [5.74, 6) is -0.676. The van der Waals surface area contributed by atoms with E-state index in [9.17, 15) is 9.59 Å². The fraction of sp³-hybridized carbons (Fsp3) is 0.294. The largest absolute Gasteiger partial charge is 0.382 e. The number of hydrogen-bond donors (Lipinski definition) is 2. The Balaban J connectivity index is 1.81. The van der Waals surface area contributed by atoms with Crippen LogP contribution in [0.15, 0.2) is 30.6 Å². The molecule has 2 amide bonds. The first-order valence-electron chi connectivity index (χ1n) is 8.10. The number of anilines is 2. The first-order valence-corrected chi connectivity index (χ1v) is 8.86. The third-order valence-corrected chi connectivity index (χ3v) is 4.73. The summed E-state index contributed by atoms with van der Waals surface area (Å²) in [4.78, 5) is 35.0. The third-order valence-electron chi connectivity index (χ3n) is 4.18. The van der Waals surface area contributed by atoms with Crippen LogP contribution in [0.1, 0.15) is 29.8 Å². The Morgan fingerprint density at radius 2 is 1.96 bits per heavy atom. The maximum atomic E-state index is 12.8. The van der Waals surface area contributed by atoms with Crippen LogP contribution < -0.4 is 11.1 Å². The van der Waals surface area contributed by atoms with Crippen molar-refractivity contribution in [2.24, 2.45) is 0 Å². The fourth-order valence-electron chi connectivity index (χ4n) is 2.90. The van der Waals surface area contributed by atoms with Gasteiger partial charge >= 0.3 is 0 Å². The summed E-state index contributed by atoms with van der Waals surface area (Å²) in [5.41, 5.74) is 6.25. The van der Waals surface area contributed by atoms with Crippen molar-refractivity contribution in [3.8, 4) is 0 Å². The van der Waals surface area contributed by atoms with Gasteiger partial charge in [-0.25, -0.2) is 9.97 Å². The number of amides is 2. The molecule has 1 fully saturated rings. The van der Waals surface area contributed by atoms with Gasteiger partial charge in [-0.05, 0) is 37.5 Å². The summed E-state index contributed by atoms with van der Waals surface area (Å²) >= 11 is 12.0. The van der Waals surface area contributed by atoms with E-state index in [2.05, 4.69) is 15.3 Å². The molecule has 2 aromatic rings. The molecule has 1 aliphatic heterocycles. The van der Waals surface area contributed by atoms with E-state index in [4.69, 9.17) is 28.9 Å². The molecule has 0 saturated carbocycles. The molecule has 0 aliphatic carbocycles. The van der Waals surface area contributed by atoms with Gasteiger partial charge in [-0.3, -0.25) is 9.59 Å². The summed E-state index contributed by atoms with van der Waals surface area (Å²) in [6, 6.07) is 4.16. The number of halogens is 2. The highest BCUT2D eigenvalue weighted by atomic mass is 35.5. The van der Waals surface area contributed by atoms with E-state index in [-0.39, 0.29) is 17.4 Å². The quantitative estimate of drug-likeness (QED) is 0.834. The average molecular weight is 394 g/mol. The lowest BCUT2D eigenvalue weighted by Gasteiger charge is -2.34. The van der Waals surface area contributed by atoms with Gasteiger partial charge < -0.3 is 16.0 Å². The zero-order valence-electron chi connectivity index (χ0n) is 13.8. The lowest BCUT2D eigenvalue weighted by molar-refractivity contribution is -0.121. The predicted octanol–water partition coefficient (Wildman–Crippen LogP) is 3.00. The number of carbonyl (C=O) groups excluding carboxylic acids is 2. The topological polar surface area (TPSA) is 101 Å². The smallest absolute Gasteiger partial charge is 0.276 e. The number of likely N-dealkylation sites (tertiary alicyclic amines) is 1. The van der Waals surface area contributed by atoms with Gasteiger partial charge in [0.25, 0.3) is 5.91 Å². The number of hydrogen-bond acceptors (Lipinski definition) is 5. The zero-order valence-corrected chi connectivity index (χ0v) is 15.3. The van der Waals surface area contributed by atoms with Crippen molar-refractivity contribution in [3.05, 3.63) is 46.3 Å². The van der Waals surface area contributed by atoms with Crippen LogP contribution >= 0.6 is 23.2 Å². The van der Waals surface area contributed by atoms with Gasteiger partial charge in [-0.15, -0.1) is 0 Å². The van der Waals surface area contributed by atoms with Gasteiger partial charge in [-0.2, -0.15) is 0 Å². The van der Waals surface area contributed by atoms with E-state index < -0.39 is 11.9 Å². The molecule has 136 valence electrons. The van der Waals surface area contributed by atoms with Crippen molar-refractivity contribution in [3.63, 3.8) is 0 Å². The molecule has 1 aliphatic rings. The zero-order chi connectivity index (χ0) is 18.7. The van der Waals surface area contributed by atoms with E-state index in [0.717, 1.165) is 12.8 Å². The first-order chi connectivity index (χ1) is 12.5. The van der Waals surface area contributed by atoms with Gasteiger partial charge in [0, 0.05) is 24.0 Å². The highest BCUT2D eigenvalue weighted by Crippen LogP contribution is 2.27. The molecular formula is C17H17Cl2N5O2. The van der Waals surface area contributed by atoms with Gasteiger partial charge in [0.2, 0.25) is 5.91 Å². The highest BCUT2D eigenvalue weighted by Gasteiger charge is 2.34. The van der Waals surface area contributed by atoms with Crippen LogP contribution in [0.4, 0.5) is 11.5 Å². The number of carbonyl (C=O) groups is 2. The molecule has 1 atom stereocenters. The SMILES string of the molecule is Nc1nccnc1C(=O)N1CCCC[C@@H]1C(=O)Nc1ccc(Cl)cc1Cl. The maximum absolute atomic E-state index is 12.8. The number of nitrogen functional groups attached to an aromatic ring is 1. The molecule has 1 saturated heterocycles. The number of nitrogens with zero attached hydrogens (tertiary/aromatic N) is 3. The van der Waals surface area contributed by atoms with Crippen LogP contribution in [0, 0.1) is 0 Å². The number of rotatable bonds is 3. The molecule has 3 N–H and O–H groups in total.